The Labute approximate surface area is 111 Å². The minimum Gasteiger partial charge on any atom is -0.295 e. The quantitative estimate of drug-likeness (QED) is 0.562. The normalized spacial score (nSPS) is 23.4. The first kappa shape index (κ1) is 13.3. The summed E-state index contributed by atoms with van der Waals surface area (Å²) in [5.41, 5.74) is 2.83. The van der Waals surface area contributed by atoms with E-state index in [9.17, 15) is 4.79 Å². The van der Waals surface area contributed by atoms with Crippen LogP contribution in [0.5, 0.6) is 0 Å². The molecule has 18 heavy (non-hydrogen) atoms. The molecule has 1 fully saturated rings. The minimum absolute atomic E-state index is 0.373. The molecule has 0 saturated heterocycles. The van der Waals surface area contributed by atoms with Crippen LogP contribution in [0.15, 0.2) is 35.9 Å². The van der Waals surface area contributed by atoms with Crippen molar-refractivity contribution >= 4 is 19.9 Å². The summed E-state index contributed by atoms with van der Waals surface area (Å²) in [5.74, 6) is 0.373. The minimum atomic E-state index is -1.17. The van der Waals surface area contributed by atoms with Gasteiger partial charge in [-0.25, -0.2) is 0 Å². The van der Waals surface area contributed by atoms with E-state index in [2.05, 4.69) is 37.8 Å². The predicted octanol–water partition coefficient (Wildman–Crippen LogP) is 4.53. The van der Waals surface area contributed by atoms with Gasteiger partial charge in [0.25, 0.3) is 0 Å². The first-order valence-corrected chi connectivity index (χ1v) is 10.3. The molecule has 0 radical (unpaired) electrons. The summed E-state index contributed by atoms with van der Waals surface area (Å²) >= 11 is 0. The Kier molecular flexibility index (Phi) is 3.86. The Morgan fingerprint density at radius 2 is 1.83 bits per heavy atom. The third-order valence-corrected chi connectivity index (χ3v) is 6.86. The van der Waals surface area contributed by atoms with Crippen molar-refractivity contribution in [2.75, 3.05) is 0 Å². The van der Waals surface area contributed by atoms with Crippen LogP contribution in [-0.4, -0.2) is 13.9 Å². The van der Waals surface area contributed by atoms with Crippen molar-refractivity contribution in [2.45, 2.75) is 44.4 Å². The SMILES string of the molecule is C[Si](C)(C)C1CCC(=Cc2ccccc2)C(=O)C1. The fraction of sp³-hybridized carbons (Fsp3) is 0.438. The molecule has 1 aromatic carbocycles. The van der Waals surface area contributed by atoms with Crippen molar-refractivity contribution in [3.05, 3.63) is 41.5 Å². The molecule has 1 aromatic rings. The monoisotopic (exact) mass is 258 g/mol. The van der Waals surface area contributed by atoms with Gasteiger partial charge in [0.15, 0.2) is 5.78 Å². The van der Waals surface area contributed by atoms with Gasteiger partial charge in [-0.3, -0.25) is 4.79 Å². The highest BCUT2D eigenvalue weighted by molar-refractivity contribution is 6.77. The molecule has 1 aliphatic rings. The maximum atomic E-state index is 12.2. The highest BCUT2D eigenvalue weighted by Crippen LogP contribution is 2.37. The van der Waals surface area contributed by atoms with Gasteiger partial charge in [0, 0.05) is 14.5 Å². The highest BCUT2D eigenvalue weighted by atomic mass is 28.3. The van der Waals surface area contributed by atoms with Gasteiger partial charge in [-0.2, -0.15) is 0 Å². The second-order valence-corrected chi connectivity index (χ2v) is 11.9. The third kappa shape index (κ3) is 3.20. The Bertz CT molecular complexity index is 454. The zero-order valence-corrected chi connectivity index (χ0v) is 12.6. The topological polar surface area (TPSA) is 17.1 Å². The number of ketones is 1. The van der Waals surface area contributed by atoms with Gasteiger partial charge in [-0.15, -0.1) is 0 Å². The molecule has 1 nitrogen and oxygen atoms in total. The predicted molar refractivity (Wildman–Crippen MR) is 80.4 cm³/mol. The van der Waals surface area contributed by atoms with Gasteiger partial charge in [0.2, 0.25) is 0 Å². The number of carbonyl (C=O) groups is 1. The van der Waals surface area contributed by atoms with E-state index in [0.29, 0.717) is 11.3 Å². The third-order valence-electron chi connectivity index (χ3n) is 3.92. The van der Waals surface area contributed by atoms with Gasteiger partial charge >= 0.3 is 0 Å². The lowest BCUT2D eigenvalue weighted by molar-refractivity contribution is -0.116. The molecule has 0 aliphatic heterocycles. The van der Waals surface area contributed by atoms with Crippen LogP contribution in [0.25, 0.3) is 6.08 Å². The number of hydrogen-bond donors (Lipinski definition) is 0. The average Bonchev–Trinajstić information content (AvgIpc) is 2.32. The number of carbonyl (C=O) groups excluding carboxylic acids is 1. The van der Waals surface area contributed by atoms with E-state index in [1.807, 2.05) is 18.2 Å². The molecule has 1 unspecified atom stereocenters. The summed E-state index contributed by atoms with van der Waals surface area (Å²) in [6.45, 7) is 7.12. The summed E-state index contributed by atoms with van der Waals surface area (Å²) in [5, 5.41) is 0. The van der Waals surface area contributed by atoms with Gasteiger partial charge in [-0.1, -0.05) is 50.0 Å². The molecule has 0 heterocycles. The van der Waals surface area contributed by atoms with Gasteiger partial charge < -0.3 is 0 Å². The van der Waals surface area contributed by atoms with Crippen LogP contribution in [-0.2, 0) is 4.79 Å². The molecule has 1 aliphatic carbocycles. The first-order chi connectivity index (χ1) is 8.47. The molecule has 0 spiro atoms. The largest absolute Gasteiger partial charge is 0.295 e. The van der Waals surface area contributed by atoms with E-state index in [1.54, 1.807) is 0 Å². The zero-order valence-electron chi connectivity index (χ0n) is 11.6. The first-order valence-electron chi connectivity index (χ1n) is 6.75. The second-order valence-electron chi connectivity index (χ2n) is 6.31. The summed E-state index contributed by atoms with van der Waals surface area (Å²) in [7, 11) is -1.17. The Morgan fingerprint density at radius 1 is 1.17 bits per heavy atom. The summed E-state index contributed by atoms with van der Waals surface area (Å²) in [6, 6.07) is 10.2. The van der Waals surface area contributed by atoms with E-state index in [1.165, 1.54) is 6.42 Å². The van der Waals surface area contributed by atoms with Crippen molar-refractivity contribution in [1.29, 1.82) is 0 Å². The molecule has 2 heteroatoms. The number of rotatable bonds is 2. The lowest BCUT2D eigenvalue weighted by Crippen LogP contribution is -2.32. The van der Waals surface area contributed by atoms with Crippen LogP contribution < -0.4 is 0 Å². The Balaban J connectivity index is 2.11. The highest BCUT2D eigenvalue weighted by Gasteiger charge is 2.32. The van der Waals surface area contributed by atoms with Crippen LogP contribution in [0.3, 0.4) is 0 Å². The Morgan fingerprint density at radius 3 is 2.39 bits per heavy atom. The van der Waals surface area contributed by atoms with E-state index < -0.39 is 8.07 Å². The maximum absolute atomic E-state index is 12.2. The number of hydrogen-bond acceptors (Lipinski definition) is 1. The van der Waals surface area contributed by atoms with Crippen molar-refractivity contribution in [3.63, 3.8) is 0 Å². The molecule has 1 atom stereocenters. The summed E-state index contributed by atoms with van der Waals surface area (Å²) < 4.78 is 0. The molecule has 0 aromatic heterocycles. The summed E-state index contributed by atoms with van der Waals surface area (Å²) in [4.78, 5) is 12.2. The van der Waals surface area contributed by atoms with Gasteiger partial charge in [-0.05, 0) is 35.6 Å². The van der Waals surface area contributed by atoms with E-state index in [4.69, 9.17) is 0 Å². The molecule has 1 saturated carbocycles. The molecule has 0 N–H and O–H groups in total. The van der Waals surface area contributed by atoms with Crippen LogP contribution in [0, 0.1) is 0 Å². The van der Waals surface area contributed by atoms with Crippen LogP contribution in [0.1, 0.15) is 24.8 Å². The zero-order chi connectivity index (χ0) is 13.2. The standard InChI is InChI=1S/C16H22OSi/c1-18(2,3)15-10-9-14(16(17)12-15)11-13-7-5-4-6-8-13/h4-8,11,15H,9-10,12H2,1-3H3. The van der Waals surface area contributed by atoms with Crippen molar-refractivity contribution in [2.24, 2.45) is 0 Å². The van der Waals surface area contributed by atoms with E-state index in [-0.39, 0.29) is 0 Å². The molecular weight excluding hydrogens is 236 g/mol. The van der Waals surface area contributed by atoms with Crippen LogP contribution >= 0.6 is 0 Å². The second kappa shape index (κ2) is 5.23. The van der Waals surface area contributed by atoms with Gasteiger partial charge in [0.1, 0.15) is 0 Å². The average molecular weight is 258 g/mol. The van der Waals surface area contributed by atoms with Crippen LogP contribution in [0.4, 0.5) is 0 Å². The van der Waals surface area contributed by atoms with Crippen LogP contribution in [0.2, 0.25) is 25.2 Å². The van der Waals surface area contributed by atoms with Crippen molar-refractivity contribution < 1.29 is 4.79 Å². The fourth-order valence-corrected chi connectivity index (χ4v) is 4.38. The number of benzene rings is 1. The van der Waals surface area contributed by atoms with E-state index >= 15 is 0 Å². The maximum Gasteiger partial charge on any atom is 0.158 e. The number of Topliss-reactive ketones (excluding diaryl/α,β-unsaturated/α-hetero) is 1. The van der Waals surface area contributed by atoms with Crippen molar-refractivity contribution in [3.8, 4) is 0 Å². The Hall–Kier alpha value is -1.15. The fourth-order valence-electron chi connectivity index (χ4n) is 2.57. The molecule has 0 amide bonds. The summed E-state index contributed by atoms with van der Waals surface area (Å²) in [6.07, 6.45) is 5.00. The lowest BCUT2D eigenvalue weighted by atomic mass is 9.91. The van der Waals surface area contributed by atoms with E-state index in [0.717, 1.165) is 24.0 Å². The number of allylic oxidation sites excluding steroid dienone is 1. The molecule has 96 valence electrons. The molecule has 0 bridgehead atoms. The smallest absolute Gasteiger partial charge is 0.158 e. The van der Waals surface area contributed by atoms with Gasteiger partial charge in [0.05, 0.1) is 0 Å². The van der Waals surface area contributed by atoms with Crippen molar-refractivity contribution in [1.82, 2.24) is 0 Å². The lowest BCUT2D eigenvalue weighted by Gasteiger charge is -2.32. The molecular formula is C16H22OSi. The molecule has 2 rings (SSSR count).